The summed E-state index contributed by atoms with van der Waals surface area (Å²) < 4.78 is 18.8. The van der Waals surface area contributed by atoms with Gasteiger partial charge in [0.15, 0.2) is 0 Å². The van der Waals surface area contributed by atoms with Gasteiger partial charge in [-0.15, -0.1) is 0 Å². The van der Waals surface area contributed by atoms with Crippen LogP contribution in [0, 0.1) is 5.82 Å². The minimum atomic E-state index is -0.380. The van der Waals surface area contributed by atoms with Crippen LogP contribution in [-0.4, -0.2) is 44.3 Å². The highest BCUT2D eigenvalue weighted by molar-refractivity contribution is 6.30. The molecule has 19 heavy (non-hydrogen) atoms. The molecule has 1 aromatic carbocycles. The summed E-state index contributed by atoms with van der Waals surface area (Å²) in [4.78, 5) is 2.26. The van der Waals surface area contributed by atoms with Crippen LogP contribution < -0.4 is 5.32 Å². The third-order valence-corrected chi connectivity index (χ3v) is 3.73. The number of halogens is 2. The predicted molar refractivity (Wildman–Crippen MR) is 75.1 cm³/mol. The van der Waals surface area contributed by atoms with E-state index in [1.807, 2.05) is 6.92 Å². The average Bonchev–Trinajstić information content (AvgIpc) is 2.39. The van der Waals surface area contributed by atoms with E-state index < -0.39 is 0 Å². The molecule has 106 valence electrons. The molecule has 0 saturated carbocycles. The normalized spacial score (nSPS) is 22.4. The van der Waals surface area contributed by atoms with Crippen molar-refractivity contribution in [3.8, 4) is 0 Å². The second-order valence-corrected chi connectivity index (χ2v) is 5.47. The second-order valence-electron chi connectivity index (χ2n) is 5.06. The van der Waals surface area contributed by atoms with Crippen LogP contribution in [0.3, 0.4) is 0 Å². The lowest BCUT2D eigenvalue weighted by Crippen LogP contribution is -2.45. The number of hydrogen-bond donors (Lipinski definition) is 1. The molecular formula is C14H20ClFN2O. The number of ether oxygens (including phenoxy) is 1. The Labute approximate surface area is 118 Å². The smallest absolute Gasteiger partial charge is 0.141 e. The zero-order valence-corrected chi connectivity index (χ0v) is 12.1. The molecule has 2 atom stereocenters. The van der Waals surface area contributed by atoms with Gasteiger partial charge in [-0.1, -0.05) is 17.7 Å². The van der Waals surface area contributed by atoms with Crippen LogP contribution in [0.2, 0.25) is 5.02 Å². The Morgan fingerprint density at radius 1 is 1.58 bits per heavy atom. The van der Waals surface area contributed by atoms with E-state index in [0.29, 0.717) is 0 Å². The lowest BCUT2D eigenvalue weighted by atomic mass is 10.1. The van der Waals surface area contributed by atoms with Crippen molar-refractivity contribution in [2.24, 2.45) is 0 Å². The minimum absolute atomic E-state index is 0.119. The fraction of sp³-hybridized carbons (Fsp3) is 0.571. The number of nitrogens with one attached hydrogen (secondary N) is 1. The summed E-state index contributed by atoms with van der Waals surface area (Å²) in [5, 5.41) is 3.57. The molecule has 0 amide bonds. The highest BCUT2D eigenvalue weighted by atomic mass is 35.5. The van der Waals surface area contributed by atoms with Crippen molar-refractivity contribution in [1.29, 1.82) is 0 Å². The first kappa shape index (κ1) is 14.7. The molecule has 3 nitrogen and oxygen atoms in total. The molecule has 1 heterocycles. The molecule has 1 saturated heterocycles. The lowest BCUT2D eigenvalue weighted by Gasteiger charge is -2.31. The summed E-state index contributed by atoms with van der Waals surface area (Å²) >= 11 is 5.79. The Morgan fingerprint density at radius 2 is 2.37 bits per heavy atom. The largest absolute Gasteiger partial charge is 0.374 e. The van der Waals surface area contributed by atoms with Gasteiger partial charge in [0.05, 0.1) is 17.7 Å². The Morgan fingerprint density at radius 3 is 3.05 bits per heavy atom. The summed E-state index contributed by atoms with van der Waals surface area (Å²) in [6.07, 6.45) is 0.206. The minimum Gasteiger partial charge on any atom is -0.374 e. The van der Waals surface area contributed by atoms with Crippen LogP contribution in [0.15, 0.2) is 18.2 Å². The molecule has 0 bridgehead atoms. The van der Waals surface area contributed by atoms with Gasteiger partial charge in [0.2, 0.25) is 0 Å². The maximum Gasteiger partial charge on any atom is 0.141 e. The van der Waals surface area contributed by atoms with Gasteiger partial charge >= 0.3 is 0 Å². The standard InChI is InChI=1S/C14H20ClFN2O/c1-10(11-3-4-14(16)13(15)7-11)17-8-12-9-18(2)5-6-19-12/h3-4,7,10,12,17H,5-6,8-9H2,1-2H3/t10-,12-/m1/s1. The van der Waals surface area contributed by atoms with Gasteiger partial charge < -0.3 is 15.0 Å². The third kappa shape index (κ3) is 4.14. The molecule has 5 heteroatoms. The Bertz CT molecular complexity index is 430. The number of hydrogen-bond acceptors (Lipinski definition) is 3. The van der Waals surface area contributed by atoms with E-state index in [0.717, 1.165) is 31.8 Å². The van der Waals surface area contributed by atoms with Gasteiger partial charge in [-0.25, -0.2) is 4.39 Å². The molecule has 0 aliphatic carbocycles. The lowest BCUT2D eigenvalue weighted by molar-refractivity contribution is -0.0190. The fourth-order valence-corrected chi connectivity index (χ4v) is 2.39. The Kier molecular flexibility index (Phi) is 5.16. The van der Waals surface area contributed by atoms with Crippen LogP contribution in [0.4, 0.5) is 4.39 Å². The van der Waals surface area contributed by atoms with E-state index in [1.165, 1.54) is 6.07 Å². The van der Waals surface area contributed by atoms with Crippen LogP contribution in [0.5, 0.6) is 0 Å². The Hall–Kier alpha value is -0.680. The first-order chi connectivity index (χ1) is 9.06. The topological polar surface area (TPSA) is 24.5 Å². The van der Waals surface area contributed by atoms with Crippen molar-refractivity contribution >= 4 is 11.6 Å². The third-order valence-electron chi connectivity index (χ3n) is 3.44. The molecule has 1 aromatic rings. The van der Waals surface area contributed by atoms with Gasteiger partial charge in [-0.3, -0.25) is 0 Å². The summed E-state index contributed by atoms with van der Waals surface area (Å²) in [5.74, 6) is -0.380. The zero-order chi connectivity index (χ0) is 13.8. The molecule has 1 aliphatic heterocycles. The second kappa shape index (κ2) is 6.66. The molecule has 0 unspecified atom stereocenters. The zero-order valence-electron chi connectivity index (χ0n) is 11.3. The maximum absolute atomic E-state index is 13.1. The van der Waals surface area contributed by atoms with Crippen LogP contribution in [0.25, 0.3) is 0 Å². The van der Waals surface area contributed by atoms with Crippen molar-refractivity contribution in [3.63, 3.8) is 0 Å². The molecule has 1 fully saturated rings. The Balaban J connectivity index is 1.86. The predicted octanol–water partition coefficient (Wildman–Crippen LogP) is 2.46. The summed E-state index contributed by atoms with van der Waals surface area (Å²) in [7, 11) is 2.10. The molecule has 0 spiro atoms. The first-order valence-electron chi connectivity index (χ1n) is 6.54. The van der Waals surface area contributed by atoms with Gasteiger partial charge in [-0.2, -0.15) is 0 Å². The van der Waals surface area contributed by atoms with E-state index in [2.05, 4.69) is 17.3 Å². The number of nitrogens with zero attached hydrogens (tertiary/aromatic N) is 1. The highest BCUT2D eigenvalue weighted by Gasteiger charge is 2.18. The summed E-state index contributed by atoms with van der Waals surface area (Å²) in [6, 6.07) is 4.95. The van der Waals surface area contributed by atoms with E-state index in [-0.39, 0.29) is 23.0 Å². The van der Waals surface area contributed by atoms with Gasteiger partial charge in [0.1, 0.15) is 5.82 Å². The molecule has 2 rings (SSSR count). The van der Waals surface area contributed by atoms with Crippen LogP contribution >= 0.6 is 11.6 Å². The van der Waals surface area contributed by atoms with Crippen molar-refractivity contribution < 1.29 is 9.13 Å². The molecular weight excluding hydrogens is 267 g/mol. The fourth-order valence-electron chi connectivity index (χ4n) is 2.20. The van der Waals surface area contributed by atoms with Crippen LogP contribution in [-0.2, 0) is 4.74 Å². The summed E-state index contributed by atoms with van der Waals surface area (Å²) in [6.45, 7) is 5.51. The van der Waals surface area contributed by atoms with Crippen molar-refractivity contribution in [2.45, 2.75) is 19.1 Å². The van der Waals surface area contributed by atoms with Crippen molar-refractivity contribution in [1.82, 2.24) is 10.2 Å². The van der Waals surface area contributed by atoms with E-state index in [1.54, 1.807) is 12.1 Å². The molecule has 0 radical (unpaired) electrons. The van der Waals surface area contributed by atoms with E-state index in [4.69, 9.17) is 16.3 Å². The number of benzene rings is 1. The summed E-state index contributed by atoms with van der Waals surface area (Å²) in [5.41, 5.74) is 0.982. The number of rotatable bonds is 4. The van der Waals surface area contributed by atoms with Crippen molar-refractivity contribution in [2.75, 3.05) is 33.3 Å². The van der Waals surface area contributed by atoms with Gasteiger partial charge in [0.25, 0.3) is 0 Å². The number of morpholine rings is 1. The molecule has 0 aromatic heterocycles. The number of likely N-dealkylation sites (N-methyl/N-ethyl adjacent to an activating group) is 1. The van der Waals surface area contributed by atoms with Gasteiger partial charge in [-0.05, 0) is 31.7 Å². The molecule has 1 aliphatic rings. The first-order valence-corrected chi connectivity index (χ1v) is 6.92. The van der Waals surface area contributed by atoms with E-state index >= 15 is 0 Å². The quantitative estimate of drug-likeness (QED) is 0.920. The molecule has 1 N–H and O–H groups in total. The monoisotopic (exact) mass is 286 g/mol. The van der Waals surface area contributed by atoms with Crippen molar-refractivity contribution in [3.05, 3.63) is 34.6 Å². The van der Waals surface area contributed by atoms with Gasteiger partial charge in [0, 0.05) is 25.7 Å². The van der Waals surface area contributed by atoms with Crippen LogP contribution in [0.1, 0.15) is 18.5 Å². The average molecular weight is 287 g/mol. The maximum atomic E-state index is 13.1. The SMILES string of the molecule is C[C@@H](NC[C@@H]1CN(C)CCO1)c1ccc(F)c(Cl)c1. The highest BCUT2D eigenvalue weighted by Crippen LogP contribution is 2.20. The van der Waals surface area contributed by atoms with E-state index in [9.17, 15) is 4.39 Å².